The van der Waals surface area contributed by atoms with Gasteiger partial charge in [-0.2, -0.15) is 0 Å². The maximum absolute atomic E-state index is 10.5. The first-order chi connectivity index (χ1) is 10.2. The second-order valence-corrected chi connectivity index (χ2v) is 7.50. The molecular formula is C17H31NO3. The molecule has 1 unspecified atom stereocenters. The summed E-state index contributed by atoms with van der Waals surface area (Å²) in [5.41, 5.74) is -0.0643. The van der Waals surface area contributed by atoms with Gasteiger partial charge in [-0.3, -0.25) is 0 Å². The van der Waals surface area contributed by atoms with E-state index >= 15 is 0 Å². The predicted octanol–water partition coefficient (Wildman–Crippen LogP) is 2.25. The summed E-state index contributed by atoms with van der Waals surface area (Å²) in [4.78, 5) is 0. The predicted molar refractivity (Wildman–Crippen MR) is 82.4 cm³/mol. The fraction of sp³-hybridized carbons (Fsp3) is 1.00. The van der Waals surface area contributed by atoms with Crippen LogP contribution in [-0.2, 0) is 9.47 Å². The number of hydrogen-bond acceptors (Lipinski definition) is 4. The Balaban J connectivity index is 1.35. The SMILES string of the molecule is OC1(CNCC2CCC3(CCOCC3)CO2)CCCCC1. The van der Waals surface area contributed by atoms with Gasteiger partial charge in [0, 0.05) is 26.3 Å². The van der Waals surface area contributed by atoms with Crippen LogP contribution in [0.3, 0.4) is 0 Å². The van der Waals surface area contributed by atoms with Gasteiger partial charge in [0.2, 0.25) is 0 Å². The molecule has 0 aromatic heterocycles. The van der Waals surface area contributed by atoms with Gasteiger partial charge in [-0.05, 0) is 43.9 Å². The van der Waals surface area contributed by atoms with Crippen LogP contribution in [0.15, 0.2) is 0 Å². The van der Waals surface area contributed by atoms with E-state index in [4.69, 9.17) is 9.47 Å². The van der Waals surface area contributed by atoms with Crippen molar-refractivity contribution < 1.29 is 14.6 Å². The molecule has 0 radical (unpaired) electrons. The summed E-state index contributed by atoms with van der Waals surface area (Å²) in [5, 5.41) is 13.9. The zero-order valence-corrected chi connectivity index (χ0v) is 13.2. The Kier molecular flexibility index (Phi) is 5.20. The summed E-state index contributed by atoms with van der Waals surface area (Å²) in [5.74, 6) is 0. The van der Waals surface area contributed by atoms with Crippen molar-refractivity contribution in [3.63, 3.8) is 0 Å². The molecule has 1 aliphatic carbocycles. The van der Waals surface area contributed by atoms with Gasteiger partial charge in [0.25, 0.3) is 0 Å². The molecule has 1 saturated carbocycles. The molecule has 0 bridgehead atoms. The van der Waals surface area contributed by atoms with Crippen molar-refractivity contribution >= 4 is 0 Å². The summed E-state index contributed by atoms with van der Waals surface area (Å²) in [6.45, 7) is 4.31. The Hall–Kier alpha value is -0.160. The molecule has 1 atom stereocenters. The lowest BCUT2D eigenvalue weighted by Crippen LogP contribution is -2.47. The van der Waals surface area contributed by atoms with Crippen molar-refractivity contribution in [3.05, 3.63) is 0 Å². The van der Waals surface area contributed by atoms with Crippen LogP contribution >= 0.6 is 0 Å². The van der Waals surface area contributed by atoms with Crippen LogP contribution < -0.4 is 5.32 Å². The third-order valence-electron chi connectivity index (χ3n) is 5.79. The van der Waals surface area contributed by atoms with Crippen molar-refractivity contribution in [2.75, 3.05) is 32.9 Å². The third kappa shape index (κ3) is 4.19. The van der Waals surface area contributed by atoms with Gasteiger partial charge in [0.05, 0.1) is 18.3 Å². The lowest BCUT2D eigenvalue weighted by Gasteiger charge is -2.42. The van der Waals surface area contributed by atoms with Gasteiger partial charge >= 0.3 is 0 Å². The Morgan fingerprint density at radius 2 is 1.76 bits per heavy atom. The molecule has 4 nitrogen and oxygen atoms in total. The molecule has 3 aliphatic rings. The molecule has 2 heterocycles. The lowest BCUT2D eigenvalue weighted by atomic mass is 9.75. The van der Waals surface area contributed by atoms with Gasteiger partial charge in [-0.1, -0.05) is 19.3 Å². The van der Waals surface area contributed by atoms with E-state index in [1.807, 2.05) is 0 Å². The minimum absolute atomic E-state index is 0.325. The first kappa shape index (κ1) is 15.7. The number of aliphatic hydroxyl groups is 1. The number of hydrogen-bond donors (Lipinski definition) is 2. The van der Waals surface area contributed by atoms with Crippen molar-refractivity contribution in [2.45, 2.75) is 69.5 Å². The summed E-state index contributed by atoms with van der Waals surface area (Å²) in [7, 11) is 0. The van der Waals surface area contributed by atoms with Crippen molar-refractivity contribution in [1.29, 1.82) is 0 Å². The molecule has 21 heavy (non-hydrogen) atoms. The van der Waals surface area contributed by atoms with Crippen LogP contribution in [0.2, 0.25) is 0 Å². The van der Waals surface area contributed by atoms with Gasteiger partial charge < -0.3 is 19.9 Å². The topological polar surface area (TPSA) is 50.7 Å². The van der Waals surface area contributed by atoms with Gasteiger partial charge in [0.15, 0.2) is 0 Å². The van der Waals surface area contributed by atoms with Crippen molar-refractivity contribution in [2.24, 2.45) is 5.41 Å². The van der Waals surface area contributed by atoms with Crippen molar-refractivity contribution in [1.82, 2.24) is 5.32 Å². The van der Waals surface area contributed by atoms with E-state index in [0.717, 1.165) is 65.0 Å². The maximum Gasteiger partial charge on any atom is 0.0771 e. The van der Waals surface area contributed by atoms with E-state index in [1.54, 1.807) is 0 Å². The third-order valence-corrected chi connectivity index (χ3v) is 5.79. The van der Waals surface area contributed by atoms with Crippen LogP contribution in [0.1, 0.15) is 57.8 Å². The number of ether oxygens (including phenoxy) is 2. The van der Waals surface area contributed by atoms with Gasteiger partial charge in [-0.25, -0.2) is 0 Å². The Labute approximate surface area is 128 Å². The average molecular weight is 297 g/mol. The van der Waals surface area contributed by atoms with E-state index < -0.39 is 5.60 Å². The number of nitrogens with one attached hydrogen (secondary N) is 1. The highest BCUT2D eigenvalue weighted by Gasteiger charge is 2.37. The molecule has 0 aromatic carbocycles. The second-order valence-electron chi connectivity index (χ2n) is 7.50. The highest BCUT2D eigenvalue weighted by atomic mass is 16.5. The first-order valence-electron chi connectivity index (χ1n) is 8.82. The van der Waals surface area contributed by atoms with Gasteiger partial charge in [0.1, 0.15) is 0 Å². The maximum atomic E-state index is 10.5. The Morgan fingerprint density at radius 1 is 1.00 bits per heavy atom. The normalized spacial score (nSPS) is 32.1. The second kappa shape index (κ2) is 6.95. The zero-order chi connectivity index (χ0) is 14.6. The first-order valence-corrected chi connectivity index (χ1v) is 8.82. The van der Waals surface area contributed by atoms with Crippen LogP contribution in [0, 0.1) is 5.41 Å². The van der Waals surface area contributed by atoms with E-state index in [1.165, 1.54) is 25.7 Å². The molecule has 0 amide bonds. The lowest BCUT2D eigenvalue weighted by molar-refractivity contribution is -0.105. The van der Waals surface area contributed by atoms with Crippen LogP contribution in [0.4, 0.5) is 0 Å². The Morgan fingerprint density at radius 3 is 2.43 bits per heavy atom. The molecule has 2 aliphatic heterocycles. The van der Waals surface area contributed by atoms with Crippen LogP contribution in [-0.4, -0.2) is 49.7 Å². The molecular weight excluding hydrogens is 266 g/mol. The van der Waals surface area contributed by atoms with Crippen molar-refractivity contribution in [3.8, 4) is 0 Å². The number of rotatable bonds is 4. The minimum Gasteiger partial charge on any atom is -0.389 e. The molecule has 3 rings (SSSR count). The fourth-order valence-electron chi connectivity index (χ4n) is 4.13. The molecule has 4 heteroatoms. The summed E-state index contributed by atoms with van der Waals surface area (Å²) in [6.07, 6.45) is 10.6. The van der Waals surface area contributed by atoms with Gasteiger partial charge in [-0.15, -0.1) is 0 Å². The Bertz CT molecular complexity index is 312. The molecule has 3 fully saturated rings. The highest BCUT2D eigenvalue weighted by Crippen LogP contribution is 2.39. The van der Waals surface area contributed by atoms with E-state index in [0.29, 0.717) is 11.5 Å². The summed E-state index contributed by atoms with van der Waals surface area (Å²) < 4.78 is 11.6. The highest BCUT2D eigenvalue weighted by molar-refractivity contribution is 4.88. The molecule has 0 aromatic rings. The van der Waals surface area contributed by atoms with E-state index in [9.17, 15) is 5.11 Å². The van der Waals surface area contributed by atoms with E-state index in [2.05, 4.69) is 5.32 Å². The standard InChI is InChI=1S/C17H31NO3/c19-17(5-2-1-3-6-17)13-18-12-15-4-7-16(14-21-15)8-10-20-11-9-16/h15,18-19H,1-14H2. The molecule has 1 spiro atoms. The summed E-state index contributed by atoms with van der Waals surface area (Å²) in [6, 6.07) is 0. The molecule has 2 saturated heterocycles. The quantitative estimate of drug-likeness (QED) is 0.835. The molecule has 2 N–H and O–H groups in total. The van der Waals surface area contributed by atoms with Crippen LogP contribution in [0.25, 0.3) is 0 Å². The minimum atomic E-state index is -0.463. The molecule has 122 valence electrons. The summed E-state index contributed by atoms with van der Waals surface area (Å²) >= 11 is 0. The monoisotopic (exact) mass is 297 g/mol. The fourth-order valence-corrected chi connectivity index (χ4v) is 4.13. The smallest absolute Gasteiger partial charge is 0.0771 e. The zero-order valence-electron chi connectivity index (χ0n) is 13.2. The van der Waals surface area contributed by atoms with Crippen LogP contribution in [0.5, 0.6) is 0 Å². The van der Waals surface area contributed by atoms with E-state index in [-0.39, 0.29) is 0 Å². The largest absolute Gasteiger partial charge is 0.389 e. The average Bonchev–Trinajstić information content (AvgIpc) is 2.51.